The lowest BCUT2D eigenvalue weighted by molar-refractivity contribution is 0.0693. The van der Waals surface area contributed by atoms with Gasteiger partial charge in [-0.3, -0.25) is 0 Å². The van der Waals surface area contributed by atoms with E-state index in [4.69, 9.17) is 10.8 Å². The van der Waals surface area contributed by atoms with Crippen LogP contribution in [0.25, 0.3) is 0 Å². The fraction of sp³-hybridized carbons (Fsp3) is 0.300. The second-order valence-corrected chi connectivity index (χ2v) is 4.03. The molecule has 0 aliphatic rings. The lowest BCUT2D eigenvalue weighted by Gasteiger charge is -2.14. The van der Waals surface area contributed by atoms with E-state index in [2.05, 4.69) is 15.9 Å². The van der Waals surface area contributed by atoms with Crippen molar-refractivity contribution in [2.75, 3.05) is 0 Å². The van der Waals surface area contributed by atoms with Gasteiger partial charge < -0.3 is 15.9 Å². The van der Waals surface area contributed by atoms with Crippen molar-refractivity contribution in [3.8, 4) is 5.75 Å². The maximum atomic E-state index is 10.8. The molecule has 0 fully saturated rings. The molecule has 0 saturated heterocycles. The molecule has 90 valence electrons. The highest BCUT2D eigenvalue weighted by Gasteiger charge is 2.19. The minimum atomic E-state index is -1.16. The van der Waals surface area contributed by atoms with E-state index in [-0.39, 0.29) is 29.8 Å². The van der Waals surface area contributed by atoms with Crippen LogP contribution >= 0.6 is 28.3 Å². The van der Waals surface area contributed by atoms with Crippen molar-refractivity contribution in [1.29, 1.82) is 0 Å². The average Bonchev–Trinajstić information content (AvgIpc) is 2.16. The molecule has 0 amide bonds. The number of aromatic hydroxyl groups is 1. The number of hydrogen-bond donors (Lipinski definition) is 3. The summed E-state index contributed by atoms with van der Waals surface area (Å²) in [6.07, 6.45) is 0.620. The Hall–Kier alpha value is -0.780. The monoisotopic (exact) mass is 309 g/mol. The first-order valence-corrected chi connectivity index (χ1v) is 5.28. The number of carboxylic acids is 1. The van der Waals surface area contributed by atoms with E-state index in [0.29, 0.717) is 16.5 Å². The average molecular weight is 311 g/mol. The van der Waals surface area contributed by atoms with E-state index in [1.165, 1.54) is 6.07 Å². The first-order valence-electron chi connectivity index (χ1n) is 4.49. The highest BCUT2D eigenvalue weighted by Crippen LogP contribution is 2.34. The fourth-order valence-electron chi connectivity index (χ4n) is 1.31. The van der Waals surface area contributed by atoms with E-state index in [9.17, 15) is 9.90 Å². The summed E-state index contributed by atoms with van der Waals surface area (Å²) in [5, 5.41) is 18.6. The van der Waals surface area contributed by atoms with E-state index in [1.807, 2.05) is 6.92 Å². The molecule has 0 bridgehead atoms. The second-order valence-electron chi connectivity index (χ2n) is 3.18. The third-order valence-corrected chi connectivity index (χ3v) is 2.90. The fourth-order valence-corrected chi connectivity index (χ4v) is 1.93. The molecule has 1 rings (SSSR count). The van der Waals surface area contributed by atoms with E-state index >= 15 is 0 Å². The predicted octanol–water partition coefficient (Wildman–Crippen LogP) is 2.68. The third kappa shape index (κ3) is 2.87. The zero-order chi connectivity index (χ0) is 11.6. The van der Waals surface area contributed by atoms with Crippen LogP contribution in [0.2, 0.25) is 0 Å². The Morgan fingerprint density at radius 2 is 2.12 bits per heavy atom. The molecule has 0 aliphatic heterocycles. The molecule has 1 aromatic rings. The Bertz CT molecular complexity index is 398. The molecule has 0 saturated carbocycles. The van der Waals surface area contributed by atoms with Crippen LogP contribution in [0, 0.1) is 0 Å². The number of aromatic carboxylic acids is 1. The van der Waals surface area contributed by atoms with Gasteiger partial charge in [0.1, 0.15) is 11.3 Å². The molecule has 0 spiro atoms. The van der Waals surface area contributed by atoms with Crippen LogP contribution in [-0.2, 0) is 0 Å². The van der Waals surface area contributed by atoms with Gasteiger partial charge in [-0.25, -0.2) is 4.79 Å². The van der Waals surface area contributed by atoms with Gasteiger partial charge in [0.25, 0.3) is 0 Å². The lowest BCUT2D eigenvalue weighted by atomic mass is 10.0. The number of carbonyl (C=O) groups is 1. The Kier molecular flexibility index (Phi) is 5.78. The van der Waals surface area contributed by atoms with Gasteiger partial charge in [0, 0.05) is 16.1 Å². The van der Waals surface area contributed by atoms with Crippen LogP contribution in [0.1, 0.15) is 35.3 Å². The number of hydrogen-bond acceptors (Lipinski definition) is 3. The number of nitrogens with two attached hydrogens (primary N) is 1. The van der Waals surface area contributed by atoms with Crippen LogP contribution in [0.4, 0.5) is 0 Å². The van der Waals surface area contributed by atoms with Crippen molar-refractivity contribution in [3.63, 3.8) is 0 Å². The summed E-state index contributed by atoms with van der Waals surface area (Å²) in [6, 6.07) is 2.54. The number of phenols is 1. The molecule has 1 atom stereocenters. The summed E-state index contributed by atoms with van der Waals surface area (Å²) >= 11 is 3.24. The lowest BCUT2D eigenvalue weighted by Crippen LogP contribution is -2.11. The van der Waals surface area contributed by atoms with Crippen LogP contribution in [0.15, 0.2) is 16.6 Å². The van der Waals surface area contributed by atoms with Gasteiger partial charge in [-0.05, 0) is 18.6 Å². The largest absolute Gasteiger partial charge is 0.507 e. The van der Waals surface area contributed by atoms with Crippen LogP contribution in [-0.4, -0.2) is 16.2 Å². The van der Waals surface area contributed by atoms with Gasteiger partial charge in [-0.2, -0.15) is 0 Å². The number of carboxylic acid groups (broad SMARTS) is 1. The molecule has 1 aromatic carbocycles. The molecule has 0 unspecified atom stereocenters. The van der Waals surface area contributed by atoms with Crippen molar-refractivity contribution < 1.29 is 15.0 Å². The van der Waals surface area contributed by atoms with Crippen molar-refractivity contribution in [2.45, 2.75) is 19.4 Å². The smallest absolute Gasteiger partial charge is 0.339 e. The molecule has 4 N–H and O–H groups in total. The van der Waals surface area contributed by atoms with Crippen LogP contribution in [0.3, 0.4) is 0 Å². The molecular formula is C10H13BrClNO3. The molecule has 0 aliphatic carbocycles. The Morgan fingerprint density at radius 3 is 2.56 bits per heavy atom. The third-order valence-electron chi connectivity index (χ3n) is 2.20. The normalized spacial score (nSPS) is 11.7. The maximum Gasteiger partial charge on any atom is 0.339 e. The van der Waals surface area contributed by atoms with Gasteiger partial charge in [0.2, 0.25) is 0 Å². The van der Waals surface area contributed by atoms with Crippen LogP contribution in [0.5, 0.6) is 5.75 Å². The molecule has 0 aromatic heterocycles. The number of benzene rings is 1. The van der Waals surface area contributed by atoms with Crippen molar-refractivity contribution >= 4 is 34.3 Å². The molecule has 6 heteroatoms. The summed E-state index contributed by atoms with van der Waals surface area (Å²) in [7, 11) is 0. The Morgan fingerprint density at radius 1 is 1.56 bits per heavy atom. The topological polar surface area (TPSA) is 83.6 Å². The molecule has 16 heavy (non-hydrogen) atoms. The van der Waals surface area contributed by atoms with Gasteiger partial charge in [-0.15, -0.1) is 12.4 Å². The highest BCUT2D eigenvalue weighted by atomic mass is 79.9. The Balaban J connectivity index is 0.00000225. The van der Waals surface area contributed by atoms with E-state index in [0.717, 1.165) is 0 Å². The molecule has 0 radical (unpaired) electrons. The summed E-state index contributed by atoms with van der Waals surface area (Å²) in [6.45, 7) is 1.87. The van der Waals surface area contributed by atoms with Crippen molar-refractivity contribution in [2.24, 2.45) is 5.73 Å². The summed E-state index contributed by atoms with van der Waals surface area (Å²) in [4.78, 5) is 10.8. The molecular weight excluding hydrogens is 297 g/mol. The summed E-state index contributed by atoms with van der Waals surface area (Å²) in [5.74, 6) is -1.42. The maximum absolute atomic E-state index is 10.8. The second kappa shape index (κ2) is 6.08. The molecule has 4 nitrogen and oxygen atoms in total. The zero-order valence-corrected chi connectivity index (χ0v) is 11.0. The standard InChI is InChI=1S/C10H12BrNO3.ClH/c1-2-7(12)8-6(11)4-3-5(9(8)13)10(14)15;/h3-4,7,13H,2,12H2,1H3,(H,14,15);1H/t7-;/m1./s1. The first-order chi connectivity index (χ1) is 6.99. The SMILES string of the molecule is CC[C@@H](N)c1c(Br)ccc(C(=O)O)c1O.Cl. The van der Waals surface area contributed by atoms with Gasteiger partial charge in [0.05, 0.1) is 0 Å². The van der Waals surface area contributed by atoms with Gasteiger partial charge >= 0.3 is 5.97 Å². The molecule has 0 heterocycles. The minimum Gasteiger partial charge on any atom is -0.507 e. The first kappa shape index (κ1) is 15.2. The predicted molar refractivity (Wildman–Crippen MR) is 67.2 cm³/mol. The Labute approximate surface area is 108 Å². The zero-order valence-electron chi connectivity index (χ0n) is 8.61. The number of halogens is 2. The van der Waals surface area contributed by atoms with E-state index in [1.54, 1.807) is 6.07 Å². The van der Waals surface area contributed by atoms with Gasteiger partial charge in [-0.1, -0.05) is 22.9 Å². The number of rotatable bonds is 3. The quantitative estimate of drug-likeness (QED) is 0.801. The van der Waals surface area contributed by atoms with Gasteiger partial charge in [0.15, 0.2) is 0 Å². The minimum absolute atomic E-state index is 0. The van der Waals surface area contributed by atoms with Crippen molar-refractivity contribution in [1.82, 2.24) is 0 Å². The van der Waals surface area contributed by atoms with E-state index < -0.39 is 5.97 Å². The van der Waals surface area contributed by atoms with Crippen LogP contribution < -0.4 is 5.73 Å². The highest BCUT2D eigenvalue weighted by molar-refractivity contribution is 9.10. The summed E-state index contributed by atoms with van der Waals surface area (Å²) in [5.41, 5.74) is 6.10. The summed E-state index contributed by atoms with van der Waals surface area (Å²) < 4.78 is 0.624. The van der Waals surface area contributed by atoms with Crippen molar-refractivity contribution in [3.05, 3.63) is 27.7 Å².